The van der Waals surface area contributed by atoms with E-state index in [1.165, 1.54) is 18.4 Å². The molecule has 0 spiro atoms. The lowest BCUT2D eigenvalue weighted by Crippen LogP contribution is -2.06. The van der Waals surface area contributed by atoms with Crippen LogP contribution >= 0.6 is 11.6 Å². The number of hydrogen-bond acceptors (Lipinski definition) is 2. The van der Waals surface area contributed by atoms with Crippen molar-refractivity contribution in [3.05, 3.63) is 29.3 Å². The van der Waals surface area contributed by atoms with Crippen molar-refractivity contribution >= 4 is 11.6 Å². The monoisotopic (exact) mass is 240 g/mol. The van der Waals surface area contributed by atoms with E-state index >= 15 is 0 Å². The van der Waals surface area contributed by atoms with Gasteiger partial charge in [-0.05, 0) is 31.7 Å². The Labute approximate surface area is 102 Å². The van der Waals surface area contributed by atoms with Gasteiger partial charge in [0, 0.05) is 5.56 Å². The predicted octanol–water partition coefficient (Wildman–Crippen LogP) is 3.50. The van der Waals surface area contributed by atoms with Crippen LogP contribution in [0.5, 0.6) is 5.75 Å². The van der Waals surface area contributed by atoms with Crippen LogP contribution in [0.15, 0.2) is 18.2 Å². The molecule has 0 heterocycles. The third-order valence-corrected chi connectivity index (χ3v) is 3.00. The first kappa shape index (κ1) is 11.7. The number of benzene rings is 1. The zero-order valence-electron chi connectivity index (χ0n) is 9.54. The Kier molecular flexibility index (Phi) is 4.08. The van der Waals surface area contributed by atoms with E-state index in [1.807, 2.05) is 25.1 Å². The summed E-state index contributed by atoms with van der Waals surface area (Å²) in [6.07, 6.45) is 2.61. The zero-order chi connectivity index (χ0) is 11.4. The molecule has 0 unspecified atom stereocenters. The van der Waals surface area contributed by atoms with E-state index in [0.29, 0.717) is 12.7 Å². The van der Waals surface area contributed by atoms with E-state index in [-0.39, 0.29) is 0 Å². The average molecular weight is 241 g/mol. The summed E-state index contributed by atoms with van der Waals surface area (Å²) in [7, 11) is 0. The van der Waals surface area contributed by atoms with Crippen LogP contribution < -0.4 is 4.74 Å². The van der Waals surface area contributed by atoms with Crippen LogP contribution in [0.25, 0.3) is 0 Å². The molecule has 1 aliphatic rings. The van der Waals surface area contributed by atoms with Crippen molar-refractivity contribution in [1.82, 2.24) is 0 Å². The Morgan fingerprint density at radius 2 is 2.19 bits per heavy atom. The van der Waals surface area contributed by atoms with Gasteiger partial charge in [0.2, 0.25) is 0 Å². The summed E-state index contributed by atoms with van der Waals surface area (Å²) in [5.74, 6) is 2.07. The van der Waals surface area contributed by atoms with Crippen molar-refractivity contribution in [3.8, 4) is 5.75 Å². The van der Waals surface area contributed by atoms with Gasteiger partial charge in [0.15, 0.2) is 6.79 Å². The molecule has 16 heavy (non-hydrogen) atoms. The fourth-order valence-electron chi connectivity index (χ4n) is 1.56. The van der Waals surface area contributed by atoms with E-state index in [4.69, 9.17) is 21.1 Å². The summed E-state index contributed by atoms with van der Waals surface area (Å²) in [6.45, 7) is 3.19. The van der Waals surface area contributed by atoms with Gasteiger partial charge in [-0.1, -0.05) is 17.7 Å². The van der Waals surface area contributed by atoms with E-state index < -0.39 is 0 Å². The zero-order valence-corrected chi connectivity index (χ0v) is 10.3. The highest BCUT2D eigenvalue weighted by molar-refractivity contribution is 6.17. The summed E-state index contributed by atoms with van der Waals surface area (Å²) in [5, 5.41) is 0. The summed E-state index contributed by atoms with van der Waals surface area (Å²) in [4.78, 5) is 0. The molecule has 0 radical (unpaired) electrons. The normalized spacial score (nSPS) is 15.1. The van der Waals surface area contributed by atoms with Gasteiger partial charge in [0.05, 0.1) is 12.5 Å². The van der Waals surface area contributed by atoms with Gasteiger partial charge in [-0.3, -0.25) is 0 Å². The Hall–Kier alpha value is -0.730. The molecule has 0 atom stereocenters. The number of alkyl halides is 1. The topological polar surface area (TPSA) is 18.5 Å². The van der Waals surface area contributed by atoms with Gasteiger partial charge in [-0.25, -0.2) is 0 Å². The molecule has 0 aliphatic heterocycles. The molecule has 1 aromatic carbocycles. The van der Waals surface area contributed by atoms with E-state index in [9.17, 15) is 0 Å². The first-order valence-corrected chi connectivity index (χ1v) is 6.19. The van der Waals surface area contributed by atoms with E-state index in [0.717, 1.165) is 23.8 Å². The number of ether oxygens (including phenoxy) is 2. The molecule has 88 valence electrons. The van der Waals surface area contributed by atoms with Crippen molar-refractivity contribution in [2.24, 2.45) is 5.92 Å². The van der Waals surface area contributed by atoms with Gasteiger partial charge in [-0.15, -0.1) is 11.6 Å². The second-order valence-corrected chi connectivity index (χ2v) is 4.59. The van der Waals surface area contributed by atoms with Crippen molar-refractivity contribution in [2.45, 2.75) is 25.6 Å². The molecule has 1 saturated carbocycles. The van der Waals surface area contributed by atoms with Gasteiger partial charge >= 0.3 is 0 Å². The molecule has 0 saturated heterocycles. The fraction of sp³-hybridized carbons (Fsp3) is 0.538. The molecular formula is C13H17ClO2. The molecule has 0 bridgehead atoms. The van der Waals surface area contributed by atoms with Gasteiger partial charge in [0.1, 0.15) is 5.75 Å². The number of aryl methyl sites for hydroxylation is 1. The Morgan fingerprint density at radius 1 is 1.38 bits per heavy atom. The second-order valence-electron chi connectivity index (χ2n) is 4.32. The Balaban J connectivity index is 1.82. The first-order valence-electron chi connectivity index (χ1n) is 5.65. The van der Waals surface area contributed by atoms with Crippen molar-refractivity contribution < 1.29 is 9.47 Å². The quantitative estimate of drug-likeness (QED) is 0.431. The molecular weight excluding hydrogens is 224 g/mol. The lowest BCUT2D eigenvalue weighted by Gasteiger charge is -2.10. The minimum absolute atomic E-state index is 0.323. The third-order valence-electron chi connectivity index (χ3n) is 2.71. The minimum atomic E-state index is 0.323. The highest BCUT2D eigenvalue weighted by Gasteiger charge is 2.21. The van der Waals surface area contributed by atoms with Crippen LogP contribution in [0.1, 0.15) is 24.0 Å². The van der Waals surface area contributed by atoms with Crippen molar-refractivity contribution in [1.29, 1.82) is 0 Å². The predicted molar refractivity (Wildman–Crippen MR) is 64.9 cm³/mol. The molecule has 1 aliphatic carbocycles. The fourth-order valence-corrected chi connectivity index (χ4v) is 1.77. The smallest absolute Gasteiger partial charge is 0.189 e. The van der Waals surface area contributed by atoms with Crippen LogP contribution in [0, 0.1) is 12.8 Å². The lowest BCUT2D eigenvalue weighted by atomic mass is 10.1. The molecule has 0 amide bonds. The summed E-state index contributed by atoms with van der Waals surface area (Å²) >= 11 is 5.86. The van der Waals surface area contributed by atoms with Gasteiger partial charge in [-0.2, -0.15) is 0 Å². The third kappa shape index (κ3) is 3.39. The van der Waals surface area contributed by atoms with Crippen molar-refractivity contribution in [3.63, 3.8) is 0 Å². The summed E-state index contributed by atoms with van der Waals surface area (Å²) in [6, 6.07) is 6.02. The molecule has 3 heteroatoms. The van der Waals surface area contributed by atoms with Crippen LogP contribution in [0.4, 0.5) is 0 Å². The molecule has 0 N–H and O–H groups in total. The Morgan fingerprint density at radius 3 is 2.88 bits per heavy atom. The number of halogens is 1. The molecule has 0 aromatic heterocycles. The van der Waals surface area contributed by atoms with E-state index in [1.54, 1.807) is 0 Å². The van der Waals surface area contributed by atoms with Crippen molar-refractivity contribution in [2.75, 3.05) is 13.4 Å². The first-order chi connectivity index (χ1) is 7.79. The second kappa shape index (κ2) is 5.55. The molecule has 2 nitrogen and oxygen atoms in total. The highest BCUT2D eigenvalue weighted by Crippen LogP contribution is 2.29. The summed E-state index contributed by atoms with van der Waals surface area (Å²) < 4.78 is 11.0. The summed E-state index contributed by atoms with van der Waals surface area (Å²) in [5.41, 5.74) is 2.22. The largest absolute Gasteiger partial charge is 0.467 e. The lowest BCUT2D eigenvalue weighted by molar-refractivity contribution is 0.00956. The van der Waals surface area contributed by atoms with Crippen LogP contribution in [0.3, 0.4) is 0 Å². The maximum absolute atomic E-state index is 5.86. The SMILES string of the molecule is Cc1ccc(OCOCC2CC2)c(CCl)c1. The van der Waals surface area contributed by atoms with Gasteiger partial charge < -0.3 is 9.47 Å². The number of hydrogen-bond donors (Lipinski definition) is 0. The number of rotatable bonds is 6. The Bertz CT molecular complexity index is 348. The maximum atomic E-state index is 5.86. The standard InChI is InChI=1S/C13H17ClO2/c1-10-2-5-13(12(6-10)7-14)16-9-15-8-11-3-4-11/h2,5-6,11H,3-4,7-9H2,1H3. The molecule has 1 fully saturated rings. The van der Waals surface area contributed by atoms with Crippen LogP contribution in [-0.4, -0.2) is 13.4 Å². The minimum Gasteiger partial charge on any atom is -0.467 e. The van der Waals surface area contributed by atoms with Gasteiger partial charge in [0.25, 0.3) is 0 Å². The highest BCUT2D eigenvalue weighted by atomic mass is 35.5. The molecule has 1 aromatic rings. The maximum Gasteiger partial charge on any atom is 0.189 e. The average Bonchev–Trinajstić information content (AvgIpc) is 3.09. The molecule has 2 rings (SSSR count). The van der Waals surface area contributed by atoms with Crippen LogP contribution in [-0.2, 0) is 10.6 Å². The van der Waals surface area contributed by atoms with Crippen LogP contribution in [0.2, 0.25) is 0 Å². The van der Waals surface area contributed by atoms with E-state index in [2.05, 4.69) is 0 Å².